The second-order valence-electron chi connectivity index (χ2n) is 8.97. The van der Waals surface area contributed by atoms with Crippen LogP contribution >= 0.6 is 0 Å². The number of hydrogen-bond donors (Lipinski definition) is 2. The van der Waals surface area contributed by atoms with Crippen LogP contribution in [0.5, 0.6) is 0 Å². The van der Waals surface area contributed by atoms with Crippen LogP contribution in [0.2, 0.25) is 0 Å². The molecule has 6 nitrogen and oxygen atoms in total. The molecule has 0 unspecified atom stereocenters. The Kier molecular flexibility index (Phi) is 7.09. The standard InChI is InChI=1S/C25H27F4N5O/c1-34(2)22-18-7-3-4-9-20(18)32-24(33-22)31-17-12-10-15(11-13-17)23(35)30-14-16-6-5-8-19(21(16)26)25(27,28)29/h3-9,15,17H,10-14H2,1-2H3,(H,30,35)(H,31,32,33)/t15-,17+. The first-order chi connectivity index (χ1) is 16.6. The third-order valence-corrected chi connectivity index (χ3v) is 6.28. The van der Waals surface area contributed by atoms with Crippen molar-refractivity contribution in [2.75, 3.05) is 24.3 Å². The van der Waals surface area contributed by atoms with Crippen LogP contribution in [-0.2, 0) is 17.5 Å². The number of benzene rings is 2. The topological polar surface area (TPSA) is 70.2 Å². The van der Waals surface area contributed by atoms with Crippen LogP contribution < -0.4 is 15.5 Å². The van der Waals surface area contributed by atoms with Gasteiger partial charge in [0.1, 0.15) is 11.6 Å². The highest BCUT2D eigenvalue weighted by Crippen LogP contribution is 2.33. The number of fused-ring (bicyclic) bond motifs is 1. The molecule has 0 saturated heterocycles. The van der Waals surface area contributed by atoms with E-state index in [1.807, 2.05) is 43.3 Å². The monoisotopic (exact) mass is 489 g/mol. The van der Waals surface area contributed by atoms with Crippen LogP contribution in [0.1, 0.15) is 36.8 Å². The number of para-hydroxylation sites is 1. The molecule has 0 bridgehead atoms. The highest BCUT2D eigenvalue weighted by molar-refractivity contribution is 5.90. The number of amides is 1. The highest BCUT2D eigenvalue weighted by Gasteiger charge is 2.35. The molecule has 2 N–H and O–H groups in total. The molecule has 3 aromatic rings. The van der Waals surface area contributed by atoms with E-state index in [0.717, 1.165) is 22.8 Å². The van der Waals surface area contributed by atoms with Crippen LogP contribution in [0.3, 0.4) is 0 Å². The molecule has 0 aliphatic heterocycles. The number of alkyl halides is 3. The zero-order valence-electron chi connectivity index (χ0n) is 19.5. The molecule has 186 valence electrons. The average molecular weight is 490 g/mol. The van der Waals surface area contributed by atoms with E-state index >= 15 is 0 Å². The first-order valence-corrected chi connectivity index (χ1v) is 11.5. The molecular formula is C25H27F4N5O. The molecule has 35 heavy (non-hydrogen) atoms. The van der Waals surface area contributed by atoms with Gasteiger partial charge in [-0.25, -0.2) is 9.37 Å². The van der Waals surface area contributed by atoms with Crippen molar-refractivity contribution in [3.63, 3.8) is 0 Å². The number of carbonyl (C=O) groups excluding carboxylic acids is 1. The molecule has 1 amide bonds. The van der Waals surface area contributed by atoms with Crippen molar-refractivity contribution in [3.8, 4) is 0 Å². The van der Waals surface area contributed by atoms with Crippen molar-refractivity contribution in [1.29, 1.82) is 0 Å². The van der Waals surface area contributed by atoms with Crippen molar-refractivity contribution < 1.29 is 22.4 Å². The number of nitrogens with one attached hydrogen (secondary N) is 2. The van der Waals surface area contributed by atoms with Crippen molar-refractivity contribution in [1.82, 2.24) is 15.3 Å². The molecule has 1 aromatic heterocycles. The molecule has 1 aliphatic carbocycles. The normalized spacial score (nSPS) is 18.3. The molecule has 10 heteroatoms. The smallest absolute Gasteiger partial charge is 0.362 e. The number of anilines is 2. The number of hydrogen-bond acceptors (Lipinski definition) is 5. The lowest BCUT2D eigenvalue weighted by molar-refractivity contribution is -0.140. The fraction of sp³-hybridized carbons (Fsp3) is 0.400. The minimum absolute atomic E-state index is 0.0936. The summed E-state index contributed by atoms with van der Waals surface area (Å²) < 4.78 is 52.9. The van der Waals surface area contributed by atoms with Gasteiger partial charge in [-0.1, -0.05) is 24.3 Å². The quantitative estimate of drug-likeness (QED) is 0.469. The third-order valence-electron chi connectivity index (χ3n) is 6.28. The van der Waals surface area contributed by atoms with E-state index in [-0.39, 0.29) is 30.0 Å². The summed E-state index contributed by atoms with van der Waals surface area (Å²) in [6.45, 7) is -0.287. The SMILES string of the molecule is CN(C)c1nc(N[C@H]2CC[C@@H](C(=O)NCc3cccc(C(F)(F)F)c3F)CC2)nc2ccccc12. The molecular weight excluding hydrogens is 462 g/mol. The van der Waals surface area contributed by atoms with Crippen molar-refractivity contribution >= 4 is 28.6 Å². The maximum absolute atomic E-state index is 14.2. The van der Waals surface area contributed by atoms with E-state index in [4.69, 9.17) is 0 Å². The summed E-state index contributed by atoms with van der Waals surface area (Å²) in [7, 11) is 3.85. The van der Waals surface area contributed by atoms with Crippen LogP contribution in [0.15, 0.2) is 42.5 Å². The summed E-state index contributed by atoms with van der Waals surface area (Å²) in [6, 6.07) is 10.9. The fourth-order valence-electron chi connectivity index (χ4n) is 4.41. The summed E-state index contributed by atoms with van der Waals surface area (Å²) in [4.78, 5) is 23.8. The molecule has 0 atom stereocenters. The van der Waals surface area contributed by atoms with E-state index < -0.39 is 17.6 Å². The second kappa shape index (κ2) is 10.1. The predicted molar refractivity (Wildman–Crippen MR) is 126 cm³/mol. The highest BCUT2D eigenvalue weighted by atomic mass is 19.4. The Morgan fingerprint density at radius 1 is 1.03 bits per heavy atom. The Hall–Kier alpha value is -3.43. The van der Waals surface area contributed by atoms with Gasteiger partial charge in [0.2, 0.25) is 11.9 Å². The summed E-state index contributed by atoms with van der Waals surface area (Å²) >= 11 is 0. The largest absolute Gasteiger partial charge is 0.419 e. The number of rotatable bonds is 6. The molecule has 1 heterocycles. The Morgan fingerprint density at radius 2 is 1.74 bits per heavy atom. The van der Waals surface area contributed by atoms with E-state index in [1.54, 1.807) is 0 Å². The number of halogens is 4. The maximum Gasteiger partial charge on any atom is 0.419 e. The zero-order valence-corrected chi connectivity index (χ0v) is 19.5. The van der Waals surface area contributed by atoms with Crippen LogP contribution in [0.25, 0.3) is 10.9 Å². The van der Waals surface area contributed by atoms with Crippen LogP contribution in [0.4, 0.5) is 29.3 Å². The van der Waals surface area contributed by atoms with Crippen molar-refractivity contribution in [2.24, 2.45) is 5.92 Å². The zero-order chi connectivity index (χ0) is 25.2. The number of aromatic nitrogens is 2. The lowest BCUT2D eigenvalue weighted by Gasteiger charge is -2.29. The third kappa shape index (κ3) is 5.63. The fourth-order valence-corrected chi connectivity index (χ4v) is 4.41. The lowest BCUT2D eigenvalue weighted by Crippen LogP contribution is -2.36. The minimum Gasteiger partial charge on any atom is -0.362 e. The number of carbonyl (C=O) groups is 1. The first kappa shape index (κ1) is 24.7. The first-order valence-electron chi connectivity index (χ1n) is 11.5. The lowest BCUT2D eigenvalue weighted by atomic mass is 9.85. The molecule has 1 saturated carbocycles. The van der Waals surface area contributed by atoms with Gasteiger partial charge in [0, 0.05) is 43.5 Å². The van der Waals surface area contributed by atoms with Gasteiger partial charge in [-0.3, -0.25) is 4.79 Å². The summed E-state index contributed by atoms with van der Waals surface area (Å²) in [5.74, 6) is -0.567. The van der Waals surface area contributed by atoms with Crippen molar-refractivity contribution in [3.05, 3.63) is 59.4 Å². The van der Waals surface area contributed by atoms with Gasteiger partial charge in [-0.15, -0.1) is 0 Å². The van der Waals surface area contributed by atoms with Gasteiger partial charge < -0.3 is 15.5 Å². The molecule has 0 radical (unpaired) electrons. The summed E-state index contributed by atoms with van der Waals surface area (Å²) in [5, 5.41) is 6.93. The Balaban J connectivity index is 1.34. The van der Waals surface area contributed by atoms with Gasteiger partial charge in [-0.05, 0) is 43.9 Å². The Labute approximate surface area is 200 Å². The van der Waals surface area contributed by atoms with Crippen LogP contribution in [0, 0.1) is 11.7 Å². The Morgan fingerprint density at radius 3 is 2.43 bits per heavy atom. The molecule has 0 spiro atoms. The average Bonchev–Trinajstić information content (AvgIpc) is 2.82. The van der Waals surface area contributed by atoms with Gasteiger partial charge in [0.25, 0.3) is 0 Å². The van der Waals surface area contributed by atoms with Crippen molar-refractivity contribution in [2.45, 2.75) is 44.4 Å². The molecule has 2 aromatic carbocycles. The van der Waals surface area contributed by atoms with Gasteiger partial charge >= 0.3 is 6.18 Å². The van der Waals surface area contributed by atoms with Gasteiger partial charge in [0.05, 0.1) is 11.1 Å². The summed E-state index contributed by atoms with van der Waals surface area (Å²) in [5.41, 5.74) is -0.679. The summed E-state index contributed by atoms with van der Waals surface area (Å²) in [6.07, 6.45) is -2.16. The maximum atomic E-state index is 14.2. The van der Waals surface area contributed by atoms with Crippen LogP contribution in [-0.4, -0.2) is 36.0 Å². The van der Waals surface area contributed by atoms with E-state index in [0.29, 0.717) is 37.7 Å². The van der Waals surface area contributed by atoms with E-state index in [1.165, 1.54) is 6.07 Å². The minimum atomic E-state index is -4.78. The molecule has 1 aliphatic rings. The van der Waals surface area contributed by atoms with E-state index in [9.17, 15) is 22.4 Å². The Bertz CT molecular complexity index is 1210. The van der Waals surface area contributed by atoms with E-state index in [2.05, 4.69) is 20.6 Å². The van der Waals surface area contributed by atoms with Gasteiger partial charge in [-0.2, -0.15) is 18.2 Å². The molecule has 4 rings (SSSR count). The van der Waals surface area contributed by atoms with Gasteiger partial charge in [0.15, 0.2) is 0 Å². The molecule has 1 fully saturated rings. The second-order valence-corrected chi connectivity index (χ2v) is 8.97. The number of nitrogens with zero attached hydrogens (tertiary/aromatic N) is 3. The predicted octanol–water partition coefficient (Wildman–Crippen LogP) is 5.14.